The molecule has 5 heteroatoms. The molecule has 4 nitrogen and oxygen atoms in total. The maximum absolute atomic E-state index is 3.96. The molecule has 0 fully saturated rings. The number of aromatic nitrogens is 4. The average Bonchev–Trinajstić information content (AvgIpc) is 2.33. The molecule has 10 heavy (non-hydrogen) atoms. The van der Waals surface area contributed by atoms with E-state index in [-0.39, 0.29) is 12.4 Å². The van der Waals surface area contributed by atoms with Gasteiger partial charge in [0.05, 0.1) is 6.20 Å². The van der Waals surface area contributed by atoms with Gasteiger partial charge in [-0.15, -0.1) is 12.4 Å². The first-order valence-corrected chi connectivity index (χ1v) is 2.56. The van der Waals surface area contributed by atoms with E-state index in [1.54, 1.807) is 23.1 Å². The molecule has 0 atom stereocenters. The van der Waals surface area contributed by atoms with Crippen LogP contribution in [0.4, 0.5) is 0 Å². The minimum Gasteiger partial charge on any atom is -0.239 e. The Morgan fingerprint density at radius 3 is 3.10 bits per heavy atom. The lowest BCUT2D eigenvalue weighted by Crippen LogP contribution is -1.88. The third-order valence-corrected chi connectivity index (χ3v) is 1.08. The van der Waals surface area contributed by atoms with Crippen LogP contribution in [0.2, 0.25) is 0 Å². The second-order valence-electron chi connectivity index (χ2n) is 1.64. The van der Waals surface area contributed by atoms with Gasteiger partial charge < -0.3 is 0 Å². The highest BCUT2D eigenvalue weighted by Crippen LogP contribution is 1.90. The van der Waals surface area contributed by atoms with Gasteiger partial charge in [0.2, 0.25) is 0 Å². The van der Waals surface area contributed by atoms with Crippen LogP contribution in [-0.2, 0) is 0 Å². The Bertz CT molecular complexity index is 288. The van der Waals surface area contributed by atoms with Gasteiger partial charge in [0.15, 0.2) is 5.65 Å². The molecule has 0 unspecified atom stereocenters. The summed E-state index contributed by atoms with van der Waals surface area (Å²) in [6, 6.07) is 0. The molecule has 0 spiro atoms. The van der Waals surface area contributed by atoms with Gasteiger partial charge in [-0.05, 0) is 0 Å². The molecule has 0 aliphatic heterocycles. The zero-order valence-corrected chi connectivity index (χ0v) is 5.82. The van der Waals surface area contributed by atoms with Crippen molar-refractivity contribution in [3.05, 3.63) is 24.9 Å². The Kier molecular flexibility index (Phi) is 1.82. The number of halogens is 1. The van der Waals surface area contributed by atoms with Gasteiger partial charge in [0.25, 0.3) is 0 Å². The number of fused-ring (bicyclic) bond motifs is 1. The summed E-state index contributed by atoms with van der Waals surface area (Å²) in [5.74, 6) is 0. The van der Waals surface area contributed by atoms with E-state index < -0.39 is 0 Å². The molecule has 0 N–H and O–H groups in total. The highest BCUT2D eigenvalue weighted by Gasteiger charge is 1.87. The zero-order valence-electron chi connectivity index (χ0n) is 5.01. The van der Waals surface area contributed by atoms with Crippen molar-refractivity contribution in [1.29, 1.82) is 0 Å². The Morgan fingerprint density at radius 2 is 2.30 bits per heavy atom. The van der Waals surface area contributed by atoms with Crippen LogP contribution in [0.1, 0.15) is 0 Å². The second-order valence-corrected chi connectivity index (χ2v) is 1.64. The molecule has 2 heterocycles. The number of hydrogen-bond donors (Lipinski definition) is 0. The molecule has 52 valence electrons. The Labute approximate surface area is 63.3 Å². The molecule has 0 aromatic carbocycles. The quantitative estimate of drug-likeness (QED) is 0.560. The third-order valence-electron chi connectivity index (χ3n) is 1.08. The van der Waals surface area contributed by atoms with Crippen LogP contribution in [0.15, 0.2) is 24.9 Å². The fraction of sp³-hybridized carbons (Fsp3) is 0. The fourth-order valence-corrected chi connectivity index (χ4v) is 0.684. The van der Waals surface area contributed by atoms with Crippen molar-refractivity contribution >= 4 is 18.1 Å². The minimum absolute atomic E-state index is 0. The van der Waals surface area contributed by atoms with Crippen LogP contribution in [-0.4, -0.2) is 19.6 Å². The van der Waals surface area contributed by atoms with E-state index in [2.05, 4.69) is 15.1 Å². The summed E-state index contributed by atoms with van der Waals surface area (Å²) in [4.78, 5) is 7.75. The molecular weight excluding hydrogens is 152 g/mol. The zero-order chi connectivity index (χ0) is 6.10. The standard InChI is InChI=1S/C5H4N4.ClH/c1-2-9-5(7-1)3-6-4-8-9;/h1-4H;1H. The molecule has 0 saturated heterocycles. The van der Waals surface area contributed by atoms with Crippen LogP contribution in [0.3, 0.4) is 0 Å². The summed E-state index contributed by atoms with van der Waals surface area (Å²) < 4.78 is 1.66. The molecule has 0 radical (unpaired) electrons. The Hall–Kier alpha value is -1.16. The lowest BCUT2D eigenvalue weighted by atomic mass is 10.8. The van der Waals surface area contributed by atoms with Gasteiger partial charge in [-0.2, -0.15) is 5.10 Å². The maximum atomic E-state index is 3.96. The first-order valence-electron chi connectivity index (χ1n) is 2.56. The summed E-state index contributed by atoms with van der Waals surface area (Å²) in [6.45, 7) is 0. The van der Waals surface area contributed by atoms with Gasteiger partial charge in [0.1, 0.15) is 6.33 Å². The van der Waals surface area contributed by atoms with Crippen molar-refractivity contribution in [3.63, 3.8) is 0 Å². The second kappa shape index (κ2) is 2.62. The first kappa shape index (κ1) is 6.95. The van der Waals surface area contributed by atoms with Crippen molar-refractivity contribution < 1.29 is 0 Å². The smallest absolute Gasteiger partial charge is 0.171 e. The predicted octanol–water partition coefficient (Wildman–Crippen LogP) is 0.546. The summed E-state index contributed by atoms with van der Waals surface area (Å²) in [5, 5.41) is 3.88. The summed E-state index contributed by atoms with van der Waals surface area (Å²) in [5.41, 5.74) is 0.775. The number of imidazole rings is 1. The van der Waals surface area contributed by atoms with E-state index in [4.69, 9.17) is 0 Å². The molecule has 0 amide bonds. The van der Waals surface area contributed by atoms with Crippen molar-refractivity contribution in [1.82, 2.24) is 19.6 Å². The van der Waals surface area contributed by atoms with E-state index >= 15 is 0 Å². The summed E-state index contributed by atoms with van der Waals surface area (Å²) in [6.07, 6.45) is 6.60. The van der Waals surface area contributed by atoms with E-state index in [1.165, 1.54) is 6.33 Å². The Morgan fingerprint density at radius 1 is 1.40 bits per heavy atom. The fourth-order valence-electron chi connectivity index (χ4n) is 0.684. The van der Waals surface area contributed by atoms with Gasteiger partial charge in [0, 0.05) is 12.4 Å². The molecular formula is C5H5ClN4. The van der Waals surface area contributed by atoms with Gasteiger partial charge in [-0.1, -0.05) is 0 Å². The van der Waals surface area contributed by atoms with Gasteiger partial charge in [-0.25, -0.2) is 14.5 Å². The largest absolute Gasteiger partial charge is 0.239 e. The molecule has 0 saturated carbocycles. The van der Waals surface area contributed by atoms with Crippen molar-refractivity contribution in [3.8, 4) is 0 Å². The monoisotopic (exact) mass is 156 g/mol. The van der Waals surface area contributed by atoms with Crippen LogP contribution in [0, 0.1) is 0 Å². The topological polar surface area (TPSA) is 43.1 Å². The van der Waals surface area contributed by atoms with Crippen molar-refractivity contribution in [2.24, 2.45) is 0 Å². The van der Waals surface area contributed by atoms with Gasteiger partial charge >= 0.3 is 0 Å². The molecule has 0 bridgehead atoms. The van der Waals surface area contributed by atoms with Crippen LogP contribution in [0.5, 0.6) is 0 Å². The van der Waals surface area contributed by atoms with Crippen molar-refractivity contribution in [2.75, 3.05) is 0 Å². The third kappa shape index (κ3) is 0.930. The van der Waals surface area contributed by atoms with E-state index in [1.807, 2.05) is 0 Å². The van der Waals surface area contributed by atoms with E-state index in [0.29, 0.717) is 0 Å². The lowest BCUT2D eigenvalue weighted by Gasteiger charge is -1.84. The van der Waals surface area contributed by atoms with Crippen LogP contribution < -0.4 is 0 Å². The normalized spacial score (nSPS) is 9.20. The highest BCUT2D eigenvalue weighted by molar-refractivity contribution is 5.85. The average molecular weight is 157 g/mol. The first-order chi connectivity index (χ1) is 4.47. The lowest BCUT2D eigenvalue weighted by molar-refractivity contribution is 0.897. The number of nitrogens with zero attached hydrogens (tertiary/aromatic N) is 4. The van der Waals surface area contributed by atoms with Crippen LogP contribution >= 0.6 is 12.4 Å². The highest BCUT2D eigenvalue weighted by atomic mass is 35.5. The molecule has 2 aromatic rings. The van der Waals surface area contributed by atoms with E-state index in [9.17, 15) is 0 Å². The van der Waals surface area contributed by atoms with Crippen LogP contribution in [0.25, 0.3) is 5.65 Å². The van der Waals surface area contributed by atoms with Crippen molar-refractivity contribution in [2.45, 2.75) is 0 Å². The Balaban J connectivity index is 0.000000500. The molecule has 0 aliphatic carbocycles. The van der Waals surface area contributed by atoms with E-state index in [0.717, 1.165) is 5.65 Å². The van der Waals surface area contributed by atoms with Gasteiger partial charge in [-0.3, -0.25) is 0 Å². The maximum Gasteiger partial charge on any atom is 0.171 e. The molecule has 0 aliphatic rings. The molecule has 2 aromatic heterocycles. The number of rotatable bonds is 0. The summed E-state index contributed by atoms with van der Waals surface area (Å²) in [7, 11) is 0. The minimum atomic E-state index is 0. The molecule has 2 rings (SSSR count). The SMILES string of the molecule is Cl.c1cn2ncncc2n1. The summed E-state index contributed by atoms with van der Waals surface area (Å²) >= 11 is 0. The number of hydrogen-bond acceptors (Lipinski definition) is 3. The predicted molar refractivity (Wildman–Crippen MR) is 38.0 cm³/mol.